The molecule has 0 aliphatic carbocycles. The zero-order chi connectivity index (χ0) is 27.9. The molecule has 2 aromatic rings. The van der Waals surface area contributed by atoms with Crippen LogP contribution in [0.1, 0.15) is 41.6 Å². The van der Waals surface area contributed by atoms with Crippen molar-refractivity contribution >= 4 is 17.2 Å². The molecule has 6 nitrogen and oxygen atoms in total. The fourth-order valence-corrected chi connectivity index (χ4v) is 4.03. The number of anilines is 2. The van der Waals surface area contributed by atoms with Crippen LogP contribution in [0.15, 0.2) is 41.5 Å². The number of benzene rings is 2. The Kier molecular flexibility index (Phi) is 7.50. The number of halogens is 9. The highest BCUT2D eigenvalue weighted by Gasteiger charge is 2.40. The highest BCUT2D eigenvalue weighted by molar-refractivity contribution is 5.92. The van der Waals surface area contributed by atoms with E-state index in [2.05, 4.69) is 10.4 Å². The topological polar surface area (TPSA) is 82.9 Å². The Morgan fingerprint density at radius 1 is 0.973 bits per heavy atom. The number of amidine groups is 1. The van der Waals surface area contributed by atoms with Gasteiger partial charge in [-0.1, -0.05) is 6.92 Å². The van der Waals surface area contributed by atoms with Crippen molar-refractivity contribution in [1.29, 1.82) is 0 Å². The van der Waals surface area contributed by atoms with Crippen molar-refractivity contribution in [3.8, 4) is 0 Å². The number of rotatable bonds is 5. The van der Waals surface area contributed by atoms with Crippen LogP contribution in [0, 0.1) is 0 Å². The van der Waals surface area contributed by atoms with Crippen molar-refractivity contribution < 1.29 is 39.5 Å². The monoisotopic (exact) mass is 542 g/mol. The van der Waals surface area contributed by atoms with Gasteiger partial charge in [-0.3, -0.25) is 0 Å². The van der Waals surface area contributed by atoms with Gasteiger partial charge in [-0.05, 0) is 48.4 Å². The van der Waals surface area contributed by atoms with E-state index in [1.54, 1.807) is 6.92 Å². The molecule has 15 heteroatoms. The number of nitrogens with zero attached hydrogens (tertiary/aromatic N) is 3. The lowest BCUT2D eigenvalue weighted by Gasteiger charge is -2.42. The summed E-state index contributed by atoms with van der Waals surface area (Å²) in [6.07, 6.45) is -14.7. The minimum atomic E-state index is -5.16. The molecule has 1 aliphatic rings. The first-order valence-electron chi connectivity index (χ1n) is 10.8. The highest BCUT2D eigenvalue weighted by atomic mass is 19.4. The van der Waals surface area contributed by atoms with Crippen LogP contribution in [0.3, 0.4) is 0 Å². The van der Waals surface area contributed by atoms with Gasteiger partial charge in [-0.25, -0.2) is 11.0 Å². The average molecular weight is 542 g/mol. The third kappa shape index (κ3) is 6.32. The third-order valence-electron chi connectivity index (χ3n) is 5.69. The standard InChI is InChI=1S/C22H23F9N6/c1-3-15-10-37(17-9-12(20(23,24)25)4-5-16(17)34-15)18(19(32)35-36(2)33)11-6-13(21(26,27)28)8-14(7-11)22(29,30)31/h4-9,15,18,34H,3,10,33H2,1-2H3,(H2,32,35). The average Bonchev–Trinajstić information content (AvgIpc) is 2.76. The number of hydrogen-bond donors (Lipinski definition) is 3. The van der Waals surface area contributed by atoms with E-state index in [-0.39, 0.29) is 24.0 Å². The maximum absolute atomic E-state index is 13.6. The Bertz CT molecular complexity index is 1120. The maximum atomic E-state index is 13.6. The molecule has 2 aromatic carbocycles. The molecule has 0 bridgehead atoms. The van der Waals surface area contributed by atoms with E-state index < -0.39 is 58.7 Å². The molecule has 0 amide bonds. The van der Waals surface area contributed by atoms with Crippen molar-refractivity contribution in [2.45, 2.75) is 44.0 Å². The first-order valence-corrected chi connectivity index (χ1v) is 10.8. The van der Waals surface area contributed by atoms with Crippen LogP contribution in [-0.4, -0.2) is 30.6 Å². The van der Waals surface area contributed by atoms with Crippen LogP contribution in [0.2, 0.25) is 0 Å². The lowest BCUT2D eigenvalue weighted by Crippen LogP contribution is -2.48. The zero-order valence-corrected chi connectivity index (χ0v) is 19.4. The van der Waals surface area contributed by atoms with Gasteiger partial charge in [0.2, 0.25) is 0 Å². The molecule has 37 heavy (non-hydrogen) atoms. The van der Waals surface area contributed by atoms with Gasteiger partial charge in [0.1, 0.15) is 11.9 Å². The molecule has 0 saturated carbocycles. The van der Waals surface area contributed by atoms with E-state index in [1.807, 2.05) is 0 Å². The number of fused-ring (bicyclic) bond motifs is 1. The van der Waals surface area contributed by atoms with Crippen LogP contribution in [0.5, 0.6) is 0 Å². The largest absolute Gasteiger partial charge is 0.416 e. The minimum Gasteiger partial charge on any atom is -0.384 e. The number of alkyl halides is 9. The van der Waals surface area contributed by atoms with Gasteiger partial charge < -0.3 is 16.0 Å². The maximum Gasteiger partial charge on any atom is 0.416 e. The van der Waals surface area contributed by atoms with Crippen LogP contribution in [0.25, 0.3) is 0 Å². The van der Waals surface area contributed by atoms with E-state index in [0.29, 0.717) is 23.7 Å². The lowest BCUT2D eigenvalue weighted by atomic mass is 9.95. The minimum absolute atomic E-state index is 0.0503. The summed E-state index contributed by atoms with van der Waals surface area (Å²) in [7, 11) is 1.21. The molecule has 1 aliphatic heterocycles. The van der Waals surface area contributed by atoms with Crippen LogP contribution >= 0.6 is 0 Å². The summed E-state index contributed by atoms with van der Waals surface area (Å²) in [5, 5.41) is 7.48. The molecule has 0 fully saturated rings. The molecule has 5 N–H and O–H groups in total. The third-order valence-corrected chi connectivity index (χ3v) is 5.69. The highest BCUT2D eigenvalue weighted by Crippen LogP contribution is 2.43. The molecule has 1 heterocycles. The van der Waals surface area contributed by atoms with Crippen molar-refractivity contribution in [3.05, 3.63) is 58.7 Å². The Morgan fingerprint density at radius 3 is 1.97 bits per heavy atom. The summed E-state index contributed by atoms with van der Waals surface area (Å²) in [6, 6.07) is 1.53. The second kappa shape index (κ2) is 9.84. The van der Waals surface area contributed by atoms with Gasteiger partial charge >= 0.3 is 18.5 Å². The molecule has 0 saturated heterocycles. The fourth-order valence-electron chi connectivity index (χ4n) is 4.03. The Labute approximate surface area is 205 Å². The molecule has 0 spiro atoms. The SMILES string of the molecule is CCC1CN(C(/C(N)=N/N(C)N)c2cc(C(F)(F)F)cc(C(F)(F)F)c2)c2cc(C(F)(F)F)ccc2N1. The molecular weight excluding hydrogens is 519 g/mol. The van der Waals surface area contributed by atoms with Gasteiger partial charge in [0.15, 0.2) is 0 Å². The van der Waals surface area contributed by atoms with Gasteiger partial charge in [0.05, 0.1) is 28.1 Å². The normalized spacial score (nSPS) is 17.8. The summed E-state index contributed by atoms with van der Waals surface area (Å²) in [5.74, 6) is 4.96. The Balaban J connectivity index is 2.34. The summed E-state index contributed by atoms with van der Waals surface area (Å²) < 4.78 is 122. The molecular formula is C22H23F9N6. The summed E-state index contributed by atoms with van der Waals surface area (Å²) in [5.41, 5.74) is 1.24. The van der Waals surface area contributed by atoms with E-state index in [9.17, 15) is 39.5 Å². The second-order valence-corrected chi connectivity index (χ2v) is 8.47. The predicted molar refractivity (Wildman–Crippen MR) is 119 cm³/mol. The molecule has 0 aromatic heterocycles. The van der Waals surface area contributed by atoms with Gasteiger partial charge in [-0.2, -0.15) is 39.5 Å². The predicted octanol–water partition coefficient (Wildman–Crippen LogP) is 5.57. The zero-order valence-electron chi connectivity index (χ0n) is 19.4. The van der Waals surface area contributed by atoms with Crippen LogP contribution < -0.4 is 21.8 Å². The molecule has 2 unspecified atom stereocenters. The molecule has 2 atom stereocenters. The van der Waals surface area contributed by atoms with Crippen molar-refractivity contribution in [3.63, 3.8) is 0 Å². The number of hydrazine groups is 1. The first kappa shape index (κ1) is 28.2. The van der Waals surface area contributed by atoms with E-state index in [0.717, 1.165) is 18.2 Å². The second-order valence-electron chi connectivity index (χ2n) is 8.47. The Morgan fingerprint density at radius 2 is 1.51 bits per heavy atom. The quantitative estimate of drug-likeness (QED) is 0.151. The number of nitrogens with one attached hydrogen (secondary N) is 1. The number of hydrazone groups is 1. The van der Waals surface area contributed by atoms with Gasteiger partial charge in [0.25, 0.3) is 0 Å². The molecule has 204 valence electrons. The summed E-state index contributed by atoms with van der Waals surface area (Å²) in [6.45, 7) is 1.63. The Hall–Kier alpha value is -3.36. The van der Waals surface area contributed by atoms with Crippen LogP contribution in [0.4, 0.5) is 50.9 Å². The summed E-state index contributed by atoms with van der Waals surface area (Å²) in [4.78, 5) is 1.20. The van der Waals surface area contributed by atoms with E-state index in [4.69, 9.17) is 11.6 Å². The van der Waals surface area contributed by atoms with Gasteiger partial charge in [0, 0.05) is 19.6 Å². The lowest BCUT2D eigenvalue weighted by molar-refractivity contribution is -0.143. The van der Waals surface area contributed by atoms with E-state index in [1.165, 1.54) is 11.9 Å². The smallest absolute Gasteiger partial charge is 0.384 e. The number of nitrogens with two attached hydrogens (primary N) is 2. The van der Waals surface area contributed by atoms with Crippen molar-refractivity contribution in [2.24, 2.45) is 16.7 Å². The molecule has 0 radical (unpaired) electrons. The number of hydrogen-bond acceptors (Lipinski definition) is 5. The molecule has 3 rings (SSSR count). The van der Waals surface area contributed by atoms with Gasteiger partial charge in [-0.15, -0.1) is 5.10 Å². The fraction of sp³-hybridized carbons (Fsp3) is 0.409. The van der Waals surface area contributed by atoms with Crippen molar-refractivity contribution in [2.75, 3.05) is 23.8 Å². The van der Waals surface area contributed by atoms with E-state index >= 15 is 0 Å². The van der Waals surface area contributed by atoms with Crippen LogP contribution in [-0.2, 0) is 18.5 Å². The summed E-state index contributed by atoms with van der Waals surface area (Å²) >= 11 is 0. The first-order chi connectivity index (χ1) is 16.9. The van der Waals surface area contributed by atoms with Crippen molar-refractivity contribution in [1.82, 2.24) is 5.12 Å².